The van der Waals surface area contributed by atoms with Crippen LogP contribution in [0.4, 0.5) is 0 Å². The third-order valence-corrected chi connectivity index (χ3v) is 3.60. The second kappa shape index (κ2) is 11.5. The summed E-state index contributed by atoms with van der Waals surface area (Å²) in [6.07, 6.45) is 3.25. The molecule has 0 saturated heterocycles. The quantitative estimate of drug-likeness (QED) is 0.557. The molecule has 0 rings (SSSR count). The number of carboxylic acid groups (broad SMARTS) is 1. The van der Waals surface area contributed by atoms with Gasteiger partial charge in [0.05, 0.1) is 6.61 Å². The van der Waals surface area contributed by atoms with Crippen molar-refractivity contribution < 1.29 is 19.4 Å². The molecular weight excluding hydrogens is 304 g/mol. The van der Waals surface area contributed by atoms with Crippen molar-refractivity contribution in [1.29, 1.82) is 0 Å². The van der Waals surface area contributed by atoms with Crippen LogP contribution in [0.2, 0.25) is 0 Å². The minimum Gasteiger partial charge on any atom is -0.481 e. The highest BCUT2D eigenvalue weighted by atomic mass is 16.5. The maximum Gasteiger partial charge on any atom is 0.303 e. The van der Waals surface area contributed by atoms with Gasteiger partial charge in [-0.3, -0.25) is 9.59 Å². The zero-order valence-electron chi connectivity index (χ0n) is 17.4. The van der Waals surface area contributed by atoms with Crippen molar-refractivity contribution in [2.24, 2.45) is 22.7 Å². The number of carbonyl (C=O) groups is 2. The van der Waals surface area contributed by atoms with E-state index in [4.69, 9.17) is 9.84 Å². The van der Waals surface area contributed by atoms with Gasteiger partial charge in [-0.2, -0.15) is 0 Å². The monoisotopic (exact) mass is 344 g/mol. The molecule has 24 heavy (non-hydrogen) atoms. The number of hydrogen-bond acceptors (Lipinski definition) is 3. The van der Waals surface area contributed by atoms with Crippen LogP contribution in [0.5, 0.6) is 0 Å². The molecule has 0 atom stereocenters. The number of aliphatic carboxylic acids is 1. The smallest absolute Gasteiger partial charge is 0.303 e. The van der Waals surface area contributed by atoms with Crippen molar-refractivity contribution in [3.8, 4) is 0 Å². The first-order valence-electron chi connectivity index (χ1n) is 9.02. The number of rotatable bonds is 9. The number of ether oxygens (including phenoxy) is 1. The van der Waals surface area contributed by atoms with E-state index in [1.807, 2.05) is 0 Å². The Morgan fingerprint density at radius 3 is 1.67 bits per heavy atom. The van der Waals surface area contributed by atoms with Crippen molar-refractivity contribution in [3.63, 3.8) is 0 Å². The molecule has 0 aromatic heterocycles. The fourth-order valence-electron chi connectivity index (χ4n) is 3.11. The highest BCUT2D eigenvalue weighted by Gasteiger charge is 2.21. The molecule has 0 heterocycles. The van der Waals surface area contributed by atoms with Gasteiger partial charge in [0, 0.05) is 13.3 Å². The maximum atomic E-state index is 10.6. The second-order valence-corrected chi connectivity index (χ2v) is 9.20. The van der Waals surface area contributed by atoms with Crippen LogP contribution >= 0.6 is 0 Å². The highest BCUT2D eigenvalue weighted by Crippen LogP contribution is 2.30. The Morgan fingerprint density at radius 2 is 1.33 bits per heavy atom. The Kier molecular flexibility index (Phi) is 12.1. The van der Waals surface area contributed by atoms with Crippen LogP contribution in [0.1, 0.15) is 88.0 Å². The standard InChI is InChI=1S/2C10H20O2/c1-8(2)6-10(4,5)7-12-9(3)11;1-8(2)7-10(3,4)6-5-9(11)12/h8H,6-7H2,1-5H3;8H,5-7H2,1-4H3,(H,11,12). The lowest BCUT2D eigenvalue weighted by Crippen LogP contribution is -2.22. The highest BCUT2D eigenvalue weighted by molar-refractivity contribution is 5.66. The van der Waals surface area contributed by atoms with Gasteiger partial charge < -0.3 is 9.84 Å². The van der Waals surface area contributed by atoms with Crippen LogP contribution in [0.15, 0.2) is 0 Å². The summed E-state index contributed by atoms with van der Waals surface area (Å²) in [6, 6.07) is 0. The molecule has 0 aliphatic carbocycles. The lowest BCUT2D eigenvalue weighted by Gasteiger charge is -2.25. The predicted molar refractivity (Wildman–Crippen MR) is 100.0 cm³/mol. The molecule has 0 amide bonds. The average Bonchev–Trinajstić information content (AvgIpc) is 2.32. The van der Waals surface area contributed by atoms with E-state index in [-0.39, 0.29) is 16.8 Å². The van der Waals surface area contributed by atoms with Gasteiger partial charge in [-0.05, 0) is 41.9 Å². The van der Waals surface area contributed by atoms with Crippen LogP contribution in [0.25, 0.3) is 0 Å². The van der Waals surface area contributed by atoms with E-state index in [1.54, 1.807) is 0 Å². The van der Waals surface area contributed by atoms with Gasteiger partial charge in [-0.1, -0.05) is 55.4 Å². The summed E-state index contributed by atoms with van der Waals surface area (Å²) in [6.45, 7) is 19.2. The molecular formula is C20H40O4. The minimum atomic E-state index is -0.688. The van der Waals surface area contributed by atoms with E-state index in [0.717, 1.165) is 19.3 Å². The fraction of sp³-hybridized carbons (Fsp3) is 0.900. The third kappa shape index (κ3) is 19.0. The fourth-order valence-corrected chi connectivity index (χ4v) is 3.11. The van der Waals surface area contributed by atoms with E-state index in [0.29, 0.717) is 24.9 Å². The van der Waals surface area contributed by atoms with E-state index < -0.39 is 5.97 Å². The lowest BCUT2D eigenvalue weighted by atomic mass is 9.80. The van der Waals surface area contributed by atoms with Gasteiger partial charge in [0.25, 0.3) is 0 Å². The summed E-state index contributed by atoms with van der Waals surface area (Å²) in [4.78, 5) is 20.9. The number of carboxylic acids is 1. The SMILES string of the molecule is CC(=O)OCC(C)(C)CC(C)C.CC(C)CC(C)(C)CCC(=O)O. The first-order valence-corrected chi connectivity index (χ1v) is 9.02. The molecule has 1 N–H and O–H groups in total. The summed E-state index contributed by atoms with van der Waals surface area (Å²) in [5, 5.41) is 8.51. The van der Waals surface area contributed by atoms with Crippen molar-refractivity contribution in [2.45, 2.75) is 88.0 Å². The van der Waals surface area contributed by atoms with E-state index in [9.17, 15) is 9.59 Å². The zero-order valence-corrected chi connectivity index (χ0v) is 17.4. The van der Waals surface area contributed by atoms with Crippen molar-refractivity contribution >= 4 is 11.9 Å². The van der Waals surface area contributed by atoms with E-state index in [1.165, 1.54) is 6.92 Å². The summed E-state index contributed by atoms with van der Waals surface area (Å²) < 4.78 is 4.97. The number of hydrogen-bond donors (Lipinski definition) is 1. The van der Waals surface area contributed by atoms with Crippen molar-refractivity contribution in [3.05, 3.63) is 0 Å². The molecule has 0 bridgehead atoms. The minimum absolute atomic E-state index is 0.111. The van der Waals surface area contributed by atoms with Gasteiger partial charge in [0.15, 0.2) is 0 Å². The van der Waals surface area contributed by atoms with Crippen LogP contribution in [-0.2, 0) is 14.3 Å². The number of esters is 1. The van der Waals surface area contributed by atoms with Crippen LogP contribution in [0, 0.1) is 22.7 Å². The molecule has 0 saturated carbocycles. The largest absolute Gasteiger partial charge is 0.481 e. The molecule has 4 nitrogen and oxygen atoms in total. The van der Waals surface area contributed by atoms with Crippen molar-refractivity contribution in [2.75, 3.05) is 6.61 Å². The Balaban J connectivity index is 0. The van der Waals surface area contributed by atoms with E-state index in [2.05, 4.69) is 55.4 Å². The van der Waals surface area contributed by atoms with E-state index >= 15 is 0 Å². The van der Waals surface area contributed by atoms with Crippen LogP contribution < -0.4 is 0 Å². The Hall–Kier alpha value is -1.06. The number of carbonyl (C=O) groups excluding carboxylic acids is 1. The Morgan fingerprint density at radius 1 is 0.917 bits per heavy atom. The first kappa shape index (κ1) is 25.2. The molecule has 0 aromatic rings. The molecule has 0 aliphatic heterocycles. The summed E-state index contributed by atoms with van der Waals surface area (Å²) in [5.41, 5.74) is 0.284. The summed E-state index contributed by atoms with van der Waals surface area (Å²) in [5.74, 6) is 0.419. The third-order valence-electron chi connectivity index (χ3n) is 3.60. The normalized spacial score (nSPS) is 12.0. The van der Waals surface area contributed by atoms with Gasteiger partial charge in [0.1, 0.15) is 0 Å². The Bertz CT molecular complexity index is 332. The van der Waals surface area contributed by atoms with Crippen LogP contribution in [0.3, 0.4) is 0 Å². The zero-order chi connectivity index (χ0) is 19.6. The molecule has 0 spiro atoms. The molecule has 0 fully saturated rings. The molecule has 4 heteroatoms. The Labute approximate surface area is 149 Å². The van der Waals surface area contributed by atoms with Crippen LogP contribution in [-0.4, -0.2) is 23.7 Å². The van der Waals surface area contributed by atoms with Crippen molar-refractivity contribution in [1.82, 2.24) is 0 Å². The molecule has 0 unspecified atom stereocenters. The molecule has 0 aliphatic rings. The van der Waals surface area contributed by atoms with Gasteiger partial charge in [0.2, 0.25) is 0 Å². The summed E-state index contributed by atoms with van der Waals surface area (Å²) in [7, 11) is 0. The van der Waals surface area contributed by atoms with Gasteiger partial charge >= 0.3 is 11.9 Å². The molecule has 0 radical (unpaired) electrons. The lowest BCUT2D eigenvalue weighted by molar-refractivity contribution is -0.144. The summed E-state index contributed by atoms with van der Waals surface area (Å²) >= 11 is 0. The molecule has 0 aromatic carbocycles. The van der Waals surface area contributed by atoms with Gasteiger partial charge in [-0.15, -0.1) is 0 Å². The first-order chi connectivity index (χ1) is 10.7. The second-order valence-electron chi connectivity index (χ2n) is 9.20. The predicted octanol–water partition coefficient (Wildman–Crippen LogP) is 5.55. The topological polar surface area (TPSA) is 63.6 Å². The molecule has 144 valence electrons. The average molecular weight is 345 g/mol. The maximum absolute atomic E-state index is 10.6. The van der Waals surface area contributed by atoms with Gasteiger partial charge in [-0.25, -0.2) is 0 Å².